The Morgan fingerprint density at radius 3 is 2.32 bits per heavy atom. The van der Waals surface area contributed by atoms with Crippen LogP contribution in [0.4, 0.5) is 0 Å². The minimum Gasteiger partial charge on any atom is -0.370 e. The van der Waals surface area contributed by atoms with Gasteiger partial charge in [0.25, 0.3) is 0 Å². The zero-order valence-electron chi connectivity index (χ0n) is 13.0. The van der Waals surface area contributed by atoms with Crippen molar-refractivity contribution in [1.29, 1.82) is 0 Å². The van der Waals surface area contributed by atoms with Crippen molar-refractivity contribution in [3.63, 3.8) is 0 Å². The molecule has 0 spiro atoms. The molecule has 0 aromatic heterocycles. The van der Waals surface area contributed by atoms with Crippen molar-refractivity contribution in [2.24, 2.45) is 10.7 Å². The van der Waals surface area contributed by atoms with Crippen LogP contribution < -0.4 is 11.1 Å². The fraction of sp³-hybridized carbons (Fsp3) is 0.933. The van der Waals surface area contributed by atoms with Crippen molar-refractivity contribution in [1.82, 2.24) is 10.2 Å². The Kier molecular flexibility index (Phi) is 7.87. The lowest BCUT2D eigenvalue weighted by Crippen LogP contribution is -2.41. The Labute approximate surface area is 118 Å². The van der Waals surface area contributed by atoms with Crippen LogP contribution in [0.2, 0.25) is 0 Å². The molecule has 0 bridgehead atoms. The summed E-state index contributed by atoms with van der Waals surface area (Å²) >= 11 is 0. The lowest BCUT2D eigenvalue weighted by atomic mass is 10.1. The molecule has 1 unspecified atom stereocenters. The minimum atomic E-state index is 0.462. The molecule has 0 aromatic rings. The first-order valence-electron chi connectivity index (χ1n) is 7.97. The molecule has 112 valence electrons. The topological polar surface area (TPSA) is 53.6 Å². The number of nitrogens with zero attached hydrogens (tertiary/aromatic N) is 2. The summed E-state index contributed by atoms with van der Waals surface area (Å²) in [7, 11) is 0. The highest BCUT2D eigenvalue weighted by molar-refractivity contribution is 5.78. The van der Waals surface area contributed by atoms with Crippen LogP contribution in [0.5, 0.6) is 0 Å². The average Bonchev–Trinajstić information content (AvgIpc) is 2.66. The van der Waals surface area contributed by atoms with Gasteiger partial charge in [0.2, 0.25) is 0 Å². The van der Waals surface area contributed by atoms with Crippen LogP contribution in [0.1, 0.15) is 59.3 Å². The number of nitrogens with two attached hydrogens (primary N) is 1. The van der Waals surface area contributed by atoms with Crippen LogP contribution in [0.3, 0.4) is 0 Å². The monoisotopic (exact) mass is 268 g/mol. The van der Waals surface area contributed by atoms with Crippen molar-refractivity contribution in [3.8, 4) is 0 Å². The van der Waals surface area contributed by atoms with Crippen molar-refractivity contribution in [2.75, 3.05) is 19.6 Å². The predicted molar refractivity (Wildman–Crippen MR) is 83.5 cm³/mol. The fourth-order valence-corrected chi connectivity index (χ4v) is 2.87. The van der Waals surface area contributed by atoms with Crippen molar-refractivity contribution < 1.29 is 0 Å². The number of nitrogens with one attached hydrogen (secondary N) is 1. The Hall–Kier alpha value is -0.770. The van der Waals surface area contributed by atoms with Gasteiger partial charge in [-0.2, -0.15) is 0 Å². The molecule has 3 N–H and O–H groups in total. The molecular formula is C15H32N4. The third-order valence-electron chi connectivity index (χ3n) is 4.17. The molecule has 1 aliphatic carbocycles. The van der Waals surface area contributed by atoms with E-state index < -0.39 is 0 Å². The molecule has 4 nitrogen and oxygen atoms in total. The molecule has 1 rings (SSSR count). The highest BCUT2D eigenvalue weighted by atomic mass is 15.2. The zero-order chi connectivity index (χ0) is 14.1. The molecule has 0 aliphatic heterocycles. The highest BCUT2D eigenvalue weighted by Crippen LogP contribution is 2.16. The molecule has 1 atom stereocenters. The van der Waals surface area contributed by atoms with Gasteiger partial charge < -0.3 is 11.1 Å². The van der Waals surface area contributed by atoms with Crippen LogP contribution in [0, 0.1) is 0 Å². The van der Waals surface area contributed by atoms with E-state index in [1.165, 1.54) is 38.5 Å². The van der Waals surface area contributed by atoms with Gasteiger partial charge in [0.05, 0.1) is 6.54 Å². The Bertz CT molecular complexity index is 253. The first-order chi connectivity index (χ1) is 9.17. The minimum absolute atomic E-state index is 0.462. The molecule has 1 aliphatic rings. The maximum absolute atomic E-state index is 6.01. The van der Waals surface area contributed by atoms with E-state index in [1.807, 2.05) is 0 Å². The van der Waals surface area contributed by atoms with Gasteiger partial charge in [0, 0.05) is 12.1 Å². The van der Waals surface area contributed by atoms with Crippen LogP contribution in [0.15, 0.2) is 4.99 Å². The average molecular weight is 268 g/mol. The molecule has 1 saturated carbocycles. The quantitative estimate of drug-likeness (QED) is 0.442. The van der Waals surface area contributed by atoms with Gasteiger partial charge in [-0.15, -0.1) is 0 Å². The number of aliphatic imine (C=N–C) groups is 1. The summed E-state index contributed by atoms with van der Waals surface area (Å²) in [6, 6.07) is 1.000. The van der Waals surface area contributed by atoms with Gasteiger partial charge in [-0.25, -0.2) is 0 Å². The summed E-state index contributed by atoms with van der Waals surface area (Å²) in [5.41, 5.74) is 6.01. The number of hydrogen-bond donors (Lipinski definition) is 2. The van der Waals surface area contributed by atoms with E-state index in [-0.39, 0.29) is 0 Å². The Morgan fingerprint density at radius 1 is 1.21 bits per heavy atom. The molecule has 0 heterocycles. The number of rotatable bonds is 6. The van der Waals surface area contributed by atoms with Gasteiger partial charge in [-0.1, -0.05) is 39.5 Å². The summed E-state index contributed by atoms with van der Waals surface area (Å²) in [6.45, 7) is 9.53. The molecule has 0 saturated heterocycles. The van der Waals surface area contributed by atoms with E-state index in [1.54, 1.807) is 0 Å². The third-order valence-corrected chi connectivity index (χ3v) is 4.17. The number of likely N-dealkylation sites (N-methyl/N-ethyl adjacent to an activating group) is 1. The molecule has 19 heavy (non-hydrogen) atoms. The maximum Gasteiger partial charge on any atom is 0.188 e. The largest absolute Gasteiger partial charge is 0.370 e. The van der Waals surface area contributed by atoms with Gasteiger partial charge >= 0.3 is 0 Å². The maximum atomic E-state index is 6.01. The van der Waals surface area contributed by atoms with Crippen LogP contribution >= 0.6 is 0 Å². The van der Waals surface area contributed by atoms with E-state index >= 15 is 0 Å². The first-order valence-corrected chi connectivity index (χ1v) is 7.97. The summed E-state index contributed by atoms with van der Waals surface area (Å²) in [5.74, 6) is 0.630. The number of guanidine groups is 1. The van der Waals surface area contributed by atoms with Crippen LogP contribution in [0.25, 0.3) is 0 Å². The second-order valence-corrected chi connectivity index (χ2v) is 5.63. The molecule has 0 amide bonds. The van der Waals surface area contributed by atoms with Crippen LogP contribution in [-0.2, 0) is 0 Å². The third kappa shape index (κ3) is 6.28. The van der Waals surface area contributed by atoms with E-state index in [9.17, 15) is 0 Å². The smallest absolute Gasteiger partial charge is 0.188 e. The fourth-order valence-electron chi connectivity index (χ4n) is 2.87. The SMILES string of the molecule is CCN(CC)C(C)CN=C(N)NC1CCCCCC1. The first kappa shape index (κ1) is 16.3. The zero-order valence-corrected chi connectivity index (χ0v) is 13.0. The van der Waals surface area contributed by atoms with Gasteiger partial charge in [0.15, 0.2) is 5.96 Å². The second-order valence-electron chi connectivity index (χ2n) is 5.63. The lowest BCUT2D eigenvalue weighted by Gasteiger charge is -2.25. The summed E-state index contributed by atoms with van der Waals surface area (Å²) in [4.78, 5) is 6.91. The van der Waals surface area contributed by atoms with Gasteiger partial charge in [0.1, 0.15) is 0 Å². The molecule has 0 aromatic carbocycles. The molecule has 4 heteroatoms. The summed E-state index contributed by atoms with van der Waals surface area (Å²) in [6.07, 6.45) is 7.85. The van der Waals surface area contributed by atoms with Crippen molar-refractivity contribution >= 4 is 5.96 Å². The van der Waals surface area contributed by atoms with E-state index in [0.29, 0.717) is 18.0 Å². The van der Waals surface area contributed by atoms with E-state index in [0.717, 1.165) is 19.6 Å². The summed E-state index contributed by atoms with van der Waals surface area (Å²) in [5, 5.41) is 3.40. The molecular weight excluding hydrogens is 236 g/mol. The number of hydrogen-bond acceptors (Lipinski definition) is 2. The lowest BCUT2D eigenvalue weighted by molar-refractivity contribution is 0.237. The predicted octanol–water partition coefficient (Wildman–Crippen LogP) is 2.34. The molecule has 0 radical (unpaired) electrons. The standard InChI is InChI=1S/C15H32N4/c1-4-19(5-2)13(3)12-17-15(16)18-14-10-8-6-7-9-11-14/h13-14H,4-12H2,1-3H3,(H3,16,17,18). The van der Waals surface area contributed by atoms with Crippen molar-refractivity contribution in [2.45, 2.75) is 71.4 Å². The summed E-state index contributed by atoms with van der Waals surface area (Å²) < 4.78 is 0. The Morgan fingerprint density at radius 2 is 1.79 bits per heavy atom. The van der Waals surface area contributed by atoms with E-state index in [4.69, 9.17) is 5.73 Å². The Balaban J connectivity index is 2.34. The second kappa shape index (κ2) is 9.18. The van der Waals surface area contributed by atoms with E-state index in [2.05, 4.69) is 36.0 Å². The van der Waals surface area contributed by atoms with Gasteiger partial charge in [-0.3, -0.25) is 9.89 Å². The van der Waals surface area contributed by atoms with Crippen LogP contribution in [-0.4, -0.2) is 42.6 Å². The normalized spacial score (nSPS) is 20.3. The van der Waals surface area contributed by atoms with Gasteiger partial charge in [-0.05, 0) is 32.9 Å². The highest BCUT2D eigenvalue weighted by Gasteiger charge is 2.13. The van der Waals surface area contributed by atoms with Crippen molar-refractivity contribution in [3.05, 3.63) is 0 Å². The molecule has 1 fully saturated rings.